The maximum absolute atomic E-state index is 11.1. The lowest BCUT2D eigenvalue weighted by Crippen LogP contribution is -2.26. The lowest BCUT2D eigenvalue weighted by atomic mass is 9.84. The molecule has 0 amide bonds. The second-order valence-corrected chi connectivity index (χ2v) is 3.97. The third-order valence-corrected chi connectivity index (χ3v) is 3.09. The zero-order chi connectivity index (χ0) is 8.39. The molecule has 0 N–H and O–H groups in total. The molecule has 2 atom stereocenters. The van der Waals surface area contributed by atoms with Gasteiger partial charge in [-0.05, 0) is 25.2 Å². The highest BCUT2D eigenvalue weighted by atomic mass is 16.5. The fourth-order valence-corrected chi connectivity index (χ4v) is 2.34. The average Bonchev–Trinajstić information content (AvgIpc) is 2.29. The number of hydrogen-bond acceptors (Lipinski definition) is 2. The van der Waals surface area contributed by atoms with Crippen LogP contribution in [0.3, 0.4) is 0 Å². The lowest BCUT2D eigenvalue weighted by molar-refractivity contribution is -0.124. The van der Waals surface area contributed by atoms with Gasteiger partial charge in [-0.15, -0.1) is 0 Å². The number of ether oxygens (including phenoxy) is 1. The van der Waals surface area contributed by atoms with Crippen LogP contribution in [0.25, 0.3) is 0 Å². The van der Waals surface area contributed by atoms with Crippen LogP contribution >= 0.6 is 0 Å². The van der Waals surface area contributed by atoms with E-state index in [9.17, 15) is 4.79 Å². The SMILES string of the molecule is O=C1CCC2CCCCC2OC1. The maximum Gasteiger partial charge on any atom is 0.158 e. The molecule has 2 unspecified atom stereocenters. The predicted molar refractivity (Wildman–Crippen MR) is 45.9 cm³/mol. The van der Waals surface area contributed by atoms with Gasteiger partial charge in [0.2, 0.25) is 0 Å². The molecule has 1 aliphatic heterocycles. The summed E-state index contributed by atoms with van der Waals surface area (Å²) >= 11 is 0. The van der Waals surface area contributed by atoms with Crippen LogP contribution in [0.5, 0.6) is 0 Å². The van der Waals surface area contributed by atoms with Crippen LogP contribution in [0.15, 0.2) is 0 Å². The largest absolute Gasteiger partial charge is 0.370 e. The minimum Gasteiger partial charge on any atom is -0.370 e. The molecule has 0 aromatic rings. The summed E-state index contributed by atoms with van der Waals surface area (Å²) in [6.45, 7) is 0.376. The first-order chi connectivity index (χ1) is 5.86. The number of hydrogen-bond donors (Lipinski definition) is 0. The highest BCUT2D eigenvalue weighted by molar-refractivity contribution is 5.79. The van der Waals surface area contributed by atoms with Crippen molar-refractivity contribution in [1.82, 2.24) is 0 Å². The van der Waals surface area contributed by atoms with Crippen molar-refractivity contribution in [3.8, 4) is 0 Å². The van der Waals surface area contributed by atoms with E-state index >= 15 is 0 Å². The Morgan fingerprint density at radius 3 is 2.92 bits per heavy atom. The standard InChI is InChI=1S/C10H16O2/c11-9-6-5-8-3-1-2-4-10(8)12-7-9/h8,10H,1-7H2. The van der Waals surface area contributed by atoms with E-state index in [2.05, 4.69) is 0 Å². The summed E-state index contributed by atoms with van der Waals surface area (Å²) in [4.78, 5) is 11.1. The van der Waals surface area contributed by atoms with Gasteiger partial charge < -0.3 is 4.74 Å². The first-order valence-electron chi connectivity index (χ1n) is 4.99. The molecule has 1 saturated carbocycles. The molecule has 1 heterocycles. The Labute approximate surface area is 73.3 Å². The zero-order valence-electron chi connectivity index (χ0n) is 7.42. The molecule has 68 valence electrons. The normalized spacial score (nSPS) is 37.2. The predicted octanol–water partition coefficient (Wildman–Crippen LogP) is 1.92. The molecular formula is C10H16O2. The zero-order valence-corrected chi connectivity index (χ0v) is 7.42. The summed E-state index contributed by atoms with van der Waals surface area (Å²) < 4.78 is 5.57. The number of fused-ring (bicyclic) bond motifs is 1. The van der Waals surface area contributed by atoms with Crippen LogP contribution in [0.4, 0.5) is 0 Å². The van der Waals surface area contributed by atoms with Gasteiger partial charge in [-0.2, -0.15) is 0 Å². The van der Waals surface area contributed by atoms with Gasteiger partial charge >= 0.3 is 0 Å². The molecule has 0 aromatic carbocycles. The molecule has 2 heteroatoms. The van der Waals surface area contributed by atoms with Crippen LogP contribution in [-0.4, -0.2) is 18.5 Å². The first kappa shape index (κ1) is 8.24. The first-order valence-corrected chi connectivity index (χ1v) is 4.99. The molecule has 2 nitrogen and oxygen atoms in total. The van der Waals surface area contributed by atoms with Gasteiger partial charge in [0.1, 0.15) is 6.61 Å². The van der Waals surface area contributed by atoms with E-state index < -0.39 is 0 Å². The molecular weight excluding hydrogens is 152 g/mol. The fourth-order valence-electron chi connectivity index (χ4n) is 2.34. The molecule has 2 aliphatic rings. The van der Waals surface area contributed by atoms with Crippen molar-refractivity contribution in [3.63, 3.8) is 0 Å². The molecule has 1 aliphatic carbocycles. The van der Waals surface area contributed by atoms with E-state index in [0.717, 1.165) is 12.8 Å². The van der Waals surface area contributed by atoms with Crippen molar-refractivity contribution in [3.05, 3.63) is 0 Å². The van der Waals surface area contributed by atoms with Gasteiger partial charge in [-0.25, -0.2) is 0 Å². The van der Waals surface area contributed by atoms with Crippen LogP contribution in [-0.2, 0) is 9.53 Å². The topological polar surface area (TPSA) is 26.3 Å². The highest BCUT2D eigenvalue weighted by Crippen LogP contribution is 2.31. The Kier molecular flexibility index (Phi) is 2.45. The van der Waals surface area contributed by atoms with Crippen molar-refractivity contribution >= 4 is 5.78 Å². The minimum absolute atomic E-state index is 0.296. The second kappa shape index (κ2) is 3.56. The van der Waals surface area contributed by atoms with Crippen LogP contribution in [0.1, 0.15) is 38.5 Å². The number of Topliss-reactive ketones (excluding diaryl/α,β-unsaturated/α-hetero) is 1. The van der Waals surface area contributed by atoms with Crippen LogP contribution < -0.4 is 0 Å². The van der Waals surface area contributed by atoms with Gasteiger partial charge in [0.05, 0.1) is 6.10 Å². The fraction of sp³-hybridized carbons (Fsp3) is 0.900. The van der Waals surface area contributed by atoms with E-state index in [1.807, 2.05) is 0 Å². The monoisotopic (exact) mass is 168 g/mol. The summed E-state index contributed by atoms with van der Waals surface area (Å²) in [5.41, 5.74) is 0. The molecule has 0 aromatic heterocycles. The van der Waals surface area contributed by atoms with Gasteiger partial charge in [-0.1, -0.05) is 12.8 Å². The molecule has 2 rings (SSSR count). The van der Waals surface area contributed by atoms with Crippen molar-refractivity contribution in [2.45, 2.75) is 44.6 Å². The Balaban J connectivity index is 1.98. The molecule has 0 bridgehead atoms. The summed E-state index contributed by atoms with van der Waals surface area (Å²) in [7, 11) is 0. The third-order valence-electron chi connectivity index (χ3n) is 3.09. The van der Waals surface area contributed by atoms with Crippen molar-refractivity contribution in [2.24, 2.45) is 5.92 Å². The summed E-state index contributed by atoms with van der Waals surface area (Å²) in [5, 5.41) is 0. The minimum atomic E-state index is 0.296. The van der Waals surface area contributed by atoms with Crippen molar-refractivity contribution in [2.75, 3.05) is 6.61 Å². The average molecular weight is 168 g/mol. The summed E-state index contributed by atoms with van der Waals surface area (Å²) in [5.74, 6) is 0.981. The molecule has 1 saturated heterocycles. The van der Waals surface area contributed by atoms with Crippen LogP contribution in [0, 0.1) is 5.92 Å². The van der Waals surface area contributed by atoms with E-state index in [4.69, 9.17) is 4.74 Å². The van der Waals surface area contributed by atoms with Gasteiger partial charge in [-0.3, -0.25) is 4.79 Å². The molecule has 2 fully saturated rings. The maximum atomic E-state index is 11.1. The molecule has 0 spiro atoms. The van der Waals surface area contributed by atoms with E-state index in [0.29, 0.717) is 24.4 Å². The van der Waals surface area contributed by atoms with Gasteiger partial charge in [0, 0.05) is 6.42 Å². The Hall–Kier alpha value is -0.370. The molecule has 12 heavy (non-hydrogen) atoms. The van der Waals surface area contributed by atoms with Crippen molar-refractivity contribution in [1.29, 1.82) is 0 Å². The Morgan fingerprint density at radius 1 is 1.17 bits per heavy atom. The second-order valence-electron chi connectivity index (χ2n) is 3.97. The number of carbonyl (C=O) groups excluding carboxylic acids is 1. The number of ketones is 1. The van der Waals surface area contributed by atoms with E-state index in [1.165, 1.54) is 25.7 Å². The Bertz CT molecular complexity index is 159. The van der Waals surface area contributed by atoms with Crippen LogP contribution in [0.2, 0.25) is 0 Å². The Morgan fingerprint density at radius 2 is 2.00 bits per heavy atom. The lowest BCUT2D eigenvalue weighted by Gasteiger charge is -2.28. The van der Waals surface area contributed by atoms with Gasteiger partial charge in [0.25, 0.3) is 0 Å². The molecule has 0 radical (unpaired) electrons. The quantitative estimate of drug-likeness (QED) is 0.552. The summed E-state index contributed by atoms with van der Waals surface area (Å²) in [6, 6.07) is 0. The third kappa shape index (κ3) is 1.69. The summed E-state index contributed by atoms with van der Waals surface area (Å²) in [6.07, 6.45) is 7.31. The van der Waals surface area contributed by atoms with Gasteiger partial charge in [0.15, 0.2) is 5.78 Å². The van der Waals surface area contributed by atoms with E-state index in [1.54, 1.807) is 0 Å². The number of carbonyl (C=O) groups is 1. The highest BCUT2D eigenvalue weighted by Gasteiger charge is 2.29. The van der Waals surface area contributed by atoms with E-state index in [-0.39, 0.29) is 0 Å². The number of rotatable bonds is 0. The smallest absolute Gasteiger partial charge is 0.158 e. The van der Waals surface area contributed by atoms with Crippen molar-refractivity contribution < 1.29 is 9.53 Å².